The summed E-state index contributed by atoms with van der Waals surface area (Å²) in [6.45, 7) is 1.12. The van der Waals surface area contributed by atoms with Crippen LogP contribution in [0, 0.1) is 6.92 Å². The summed E-state index contributed by atoms with van der Waals surface area (Å²) in [6, 6.07) is 12.6. The maximum absolute atomic E-state index is 13.6. The van der Waals surface area contributed by atoms with Crippen LogP contribution in [-0.2, 0) is 24.4 Å². The van der Waals surface area contributed by atoms with Crippen molar-refractivity contribution in [2.45, 2.75) is 24.8 Å². The molecule has 0 saturated heterocycles. The first kappa shape index (κ1) is 35.4. The van der Waals surface area contributed by atoms with Crippen LogP contribution in [0.15, 0.2) is 66.0 Å². The number of carbonyl (C=O) groups is 1. The maximum Gasteiger partial charge on any atom is 0.305 e. The molecule has 0 saturated carbocycles. The van der Waals surface area contributed by atoms with E-state index in [4.69, 9.17) is 29.4 Å². The fraction of sp³-hybridized carbons (Fsp3) is 0.241. The summed E-state index contributed by atoms with van der Waals surface area (Å²) in [4.78, 5) is 33.9. The number of para-hydroxylation sites is 2. The molecule has 0 radical (unpaired) electrons. The van der Waals surface area contributed by atoms with Crippen molar-refractivity contribution >= 4 is 21.8 Å². The Hall–Kier alpha value is -5.87. The summed E-state index contributed by atoms with van der Waals surface area (Å²) in [5.41, 5.74) is 1.42. The van der Waals surface area contributed by atoms with Crippen LogP contribution in [0.2, 0.25) is 0 Å². The Morgan fingerprint density at radius 2 is 1.82 bits per heavy atom. The number of pyridine rings is 2. The molecule has 20 nitrogen and oxygen atoms in total. The maximum atomic E-state index is 13.6. The number of rotatable bonds is 17. The monoisotopic (exact) mass is 710 g/mol. The van der Waals surface area contributed by atoms with Gasteiger partial charge in [-0.2, -0.15) is 18.6 Å². The number of tetrazole rings is 1. The molecule has 0 atom stereocenters. The van der Waals surface area contributed by atoms with Crippen LogP contribution in [0.25, 0.3) is 22.9 Å². The molecule has 0 unspecified atom stereocenters. The minimum Gasteiger partial charge on any atom is -0.493 e. The minimum atomic E-state index is -4.35. The Morgan fingerprint density at radius 3 is 2.54 bits per heavy atom. The summed E-state index contributed by atoms with van der Waals surface area (Å²) in [5.74, 6) is -0.776. The number of H-pyrrole nitrogens is 1. The van der Waals surface area contributed by atoms with Crippen LogP contribution in [-0.4, -0.2) is 97.7 Å². The van der Waals surface area contributed by atoms with Crippen molar-refractivity contribution in [3.8, 4) is 46.0 Å². The number of aryl methyl sites for hydroxylation is 1. The Bertz CT molecular complexity index is 2000. The molecule has 0 aliphatic heterocycles. The lowest BCUT2D eigenvalue weighted by atomic mass is 10.2. The Labute approximate surface area is 283 Å². The lowest BCUT2D eigenvalue weighted by Crippen LogP contribution is -2.18. The van der Waals surface area contributed by atoms with E-state index in [1.165, 1.54) is 25.6 Å². The number of hydrogen-bond donors (Lipinski definition) is 4. The summed E-state index contributed by atoms with van der Waals surface area (Å²) < 4.78 is 52.4. The van der Waals surface area contributed by atoms with Crippen molar-refractivity contribution in [2.24, 2.45) is 0 Å². The van der Waals surface area contributed by atoms with Crippen molar-refractivity contribution in [2.75, 3.05) is 31.7 Å². The van der Waals surface area contributed by atoms with E-state index in [0.29, 0.717) is 17.0 Å². The average molecular weight is 711 g/mol. The number of esters is 1. The number of aromatic amines is 1. The highest BCUT2D eigenvalue weighted by Gasteiger charge is 2.26. The molecule has 0 amide bonds. The Balaban J connectivity index is 1.53. The number of hydrogen-bond acceptors (Lipinski definition) is 18. The molecule has 4 N–H and O–H groups in total. The molecule has 4 aromatic heterocycles. The van der Waals surface area contributed by atoms with Gasteiger partial charge in [-0.25, -0.2) is 9.97 Å². The van der Waals surface area contributed by atoms with Gasteiger partial charge in [0.2, 0.25) is 11.6 Å². The summed E-state index contributed by atoms with van der Waals surface area (Å²) in [7, 11) is -2.92. The van der Waals surface area contributed by atoms with E-state index in [1.54, 1.807) is 49.4 Å². The zero-order chi connectivity index (χ0) is 35.5. The lowest BCUT2D eigenvalue weighted by molar-refractivity contribution is -0.492. The van der Waals surface area contributed by atoms with Gasteiger partial charge in [0.25, 0.3) is 15.9 Å². The van der Waals surface area contributed by atoms with Crippen LogP contribution in [0.4, 0.5) is 5.82 Å². The third-order valence-electron chi connectivity index (χ3n) is 6.42. The molecule has 1 aromatic carbocycles. The smallest absolute Gasteiger partial charge is 0.305 e. The molecule has 21 heteroatoms. The molecule has 50 heavy (non-hydrogen) atoms. The van der Waals surface area contributed by atoms with Crippen LogP contribution >= 0.6 is 0 Å². The van der Waals surface area contributed by atoms with Gasteiger partial charge in [0.15, 0.2) is 28.2 Å². The number of nitrogens with one attached hydrogen (secondary N) is 2. The molecule has 0 bridgehead atoms. The van der Waals surface area contributed by atoms with Gasteiger partial charge >= 0.3 is 5.97 Å². The minimum absolute atomic E-state index is 0.0205. The topological polar surface area (TPSA) is 259 Å². The predicted octanol–water partition coefficient (Wildman–Crippen LogP) is 2.74. The first-order valence-corrected chi connectivity index (χ1v) is 16.1. The zero-order valence-electron chi connectivity index (χ0n) is 26.5. The molecule has 0 aliphatic carbocycles. The zero-order valence-corrected chi connectivity index (χ0v) is 27.3. The summed E-state index contributed by atoms with van der Waals surface area (Å²) in [6.07, 6.45) is 2.91. The molecule has 262 valence electrons. The van der Waals surface area contributed by atoms with Crippen molar-refractivity contribution in [3.05, 3.63) is 66.5 Å². The van der Waals surface area contributed by atoms with E-state index in [2.05, 4.69) is 50.1 Å². The van der Waals surface area contributed by atoms with E-state index in [9.17, 15) is 13.2 Å². The largest absolute Gasteiger partial charge is 0.493 e. The quantitative estimate of drug-likeness (QED) is 0.0614. The molecular weight excluding hydrogens is 680 g/mol. The number of benzene rings is 1. The molecule has 0 spiro atoms. The van der Waals surface area contributed by atoms with Crippen molar-refractivity contribution in [1.82, 2.24) is 45.9 Å². The van der Waals surface area contributed by atoms with Gasteiger partial charge in [-0.15, -0.1) is 10.2 Å². The second-order valence-corrected chi connectivity index (χ2v) is 11.6. The fourth-order valence-corrected chi connectivity index (χ4v) is 5.05. The molecule has 5 rings (SSSR count). The molecule has 5 aromatic rings. The first-order chi connectivity index (χ1) is 24.1. The second-order valence-electron chi connectivity index (χ2n) is 9.99. The SMILES string of the molecule is COc1ccccc1Oc1c(NS(=O)(=O)c2ccc(C)cn2)nc(-c2ccnc(-c3nn[nH]n3)c2)nc1OCCOC(=O)CCCON(O)O. The fourth-order valence-electron chi connectivity index (χ4n) is 4.11. The molecule has 0 aliphatic rings. The van der Waals surface area contributed by atoms with Crippen molar-refractivity contribution < 1.29 is 47.4 Å². The van der Waals surface area contributed by atoms with Crippen LogP contribution in [0.1, 0.15) is 18.4 Å². The van der Waals surface area contributed by atoms with Crippen LogP contribution < -0.4 is 18.9 Å². The van der Waals surface area contributed by atoms with E-state index in [1.807, 2.05) is 0 Å². The van der Waals surface area contributed by atoms with E-state index < -0.39 is 21.4 Å². The third-order valence-corrected chi connectivity index (χ3v) is 7.67. The molecule has 4 heterocycles. The number of aromatic nitrogens is 8. The number of ether oxygens (including phenoxy) is 4. The molecular formula is C29H30N10O10S. The van der Waals surface area contributed by atoms with E-state index in [0.717, 1.165) is 5.56 Å². The van der Waals surface area contributed by atoms with Crippen molar-refractivity contribution in [3.63, 3.8) is 0 Å². The van der Waals surface area contributed by atoms with Gasteiger partial charge in [-0.3, -0.25) is 29.8 Å². The van der Waals surface area contributed by atoms with Gasteiger partial charge in [-0.05, 0) is 54.5 Å². The van der Waals surface area contributed by atoms with Crippen LogP contribution in [0.3, 0.4) is 0 Å². The van der Waals surface area contributed by atoms with E-state index in [-0.39, 0.29) is 72.5 Å². The number of methoxy groups -OCH3 is 1. The lowest BCUT2D eigenvalue weighted by Gasteiger charge is -2.18. The number of nitrogens with zero attached hydrogens (tertiary/aromatic N) is 8. The number of anilines is 1. The highest BCUT2D eigenvalue weighted by Crippen LogP contribution is 2.41. The third kappa shape index (κ3) is 9.39. The number of sulfonamides is 1. The standard InChI is InChI=1S/C29H30N10O10S/c1-18-9-10-23(31-17-18)50(43,44)36-28-25(49-22-7-4-3-6-21(22)45-2)29(47-15-14-46-24(40)8-5-13-48-39(41)42)33-26(32-28)19-11-12-30-20(16-19)27-34-37-38-35-27/h3-4,6-7,9-12,16-17,41-42H,5,8,13-15H2,1-2H3,(H,32,33,36)(H,34,35,37,38). The normalized spacial score (nSPS) is 11.3. The van der Waals surface area contributed by atoms with Crippen molar-refractivity contribution in [1.29, 1.82) is 0 Å². The predicted molar refractivity (Wildman–Crippen MR) is 168 cm³/mol. The van der Waals surface area contributed by atoms with Gasteiger partial charge in [0.1, 0.15) is 18.9 Å². The van der Waals surface area contributed by atoms with Crippen LogP contribution in [0.5, 0.6) is 23.1 Å². The van der Waals surface area contributed by atoms with Gasteiger partial charge in [-0.1, -0.05) is 18.2 Å². The van der Waals surface area contributed by atoms with Gasteiger partial charge in [0, 0.05) is 24.4 Å². The average Bonchev–Trinajstić information content (AvgIpc) is 3.65. The Morgan fingerprint density at radius 1 is 1.00 bits per heavy atom. The van der Waals surface area contributed by atoms with E-state index >= 15 is 0 Å². The Kier molecular flexibility index (Phi) is 11.7. The highest BCUT2D eigenvalue weighted by molar-refractivity contribution is 7.92. The number of carbonyl (C=O) groups excluding carboxylic acids is 1. The van der Waals surface area contributed by atoms with Gasteiger partial charge in [0.05, 0.1) is 19.1 Å². The first-order valence-electron chi connectivity index (χ1n) is 14.6. The highest BCUT2D eigenvalue weighted by atomic mass is 32.2. The van der Waals surface area contributed by atoms with Gasteiger partial charge < -0.3 is 18.9 Å². The second kappa shape index (κ2) is 16.5. The summed E-state index contributed by atoms with van der Waals surface area (Å²) in [5, 5.41) is 30.2. The molecule has 0 fully saturated rings. The summed E-state index contributed by atoms with van der Waals surface area (Å²) >= 11 is 0.